The summed E-state index contributed by atoms with van der Waals surface area (Å²) < 4.78 is 35.7. The van der Waals surface area contributed by atoms with Gasteiger partial charge in [-0.3, -0.25) is 0 Å². The first-order valence-corrected chi connectivity index (χ1v) is 18.1. The second kappa shape index (κ2) is 21.6. The molecule has 1 N–H and O–H groups in total. The maximum atomic E-state index is 11.9. The third-order valence-corrected chi connectivity index (χ3v) is 9.43. The molecule has 5 nitrogen and oxygen atoms in total. The van der Waals surface area contributed by atoms with Crippen molar-refractivity contribution in [3.05, 3.63) is 54.1 Å². The van der Waals surface area contributed by atoms with E-state index in [1.165, 1.54) is 122 Å². The van der Waals surface area contributed by atoms with Gasteiger partial charge in [0.05, 0.1) is 22.4 Å². The molecule has 0 amide bonds. The van der Waals surface area contributed by atoms with Crippen LogP contribution < -0.4 is 39.8 Å². The fraction of sp³-hybridized carbons (Fsp3) is 0.657. The number of rotatable bonds is 23. The Bertz CT molecular complexity index is 1080. The summed E-state index contributed by atoms with van der Waals surface area (Å²) in [5, 5.41) is 3.39. The van der Waals surface area contributed by atoms with Crippen LogP contribution >= 0.6 is 0 Å². The van der Waals surface area contributed by atoms with Gasteiger partial charge in [-0.2, -0.15) is 0 Å². The van der Waals surface area contributed by atoms with Gasteiger partial charge in [-0.05, 0) is 30.5 Å². The van der Waals surface area contributed by atoms with Crippen molar-refractivity contribution in [3.63, 3.8) is 0 Å². The van der Waals surface area contributed by atoms with Crippen LogP contribution in [-0.4, -0.2) is 19.1 Å². The van der Waals surface area contributed by atoms with E-state index in [-0.39, 0.29) is 40.6 Å². The summed E-state index contributed by atoms with van der Waals surface area (Å²) in [6, 6.07) is 15.2. The fourth-order valence-electron chi connectivity index (χ4n) is 6.14. The van der Waals surface area contributed by atoms with Crippen molar-refractivity contribution < 1.29 is 42.5 Å². The standard InChI is InChI=1S/C35H56N2O3S.Na/c1-2-3-4-5-6-7-8-9-10-11-12-13-14-15-16-17-18-19-23-29-34-36-35-32(27-24-28-33(35)41(38,39)40)37(34)30-31-25-21-20-22-26-31;/h20-22,24-28,34,36H,2-19,23,29-30H2,1H3,(H,38,39,40);/q;+1/p-1. The van der Waals surface area contributed by atoms with Gasteiger partial charge in [0.25, 0.3) is 0 Å². The monoisotopic (exact) mass is 606 g/mol. The van der Waals surface area contributed by atoms with Gasteiger partial charge >= 0.3 is 29.6 Å². The molecule has 3 rings (SSSR count). The van der Waals surface area contributed by atoms with E-state index in [4.69, 9.17) is 0 Å². The molecule has 0 bridgehead atoms. The van der Waals surface area contributed by atoms with Crippen molar-refractivity contribution in [2.75, 3.05) is 10.2 Å². The molecule has 0 spiro atoms. The van der Waals surface area contributed by atoms with E-state index in [1.54, 1.807) is 6.07 Å². The Morgan fingerprint density at radius 1 is 0.667 bits per heavy atom. The normalized spacial score (nSPS) is 14.4. The molecular weight excluding hydrogens is 551 g/mol. The van der Waals surface area contributed by atoms with E-state index in [9.17, 15) is 13.0 Å². The fourth-order valence-corrected chi connectivity index (χ4v) is 6.80. The average Bonchev–Trinajstić information content (AvgIpc) is 3.31. The van der Waals surface area contributed by atoms with Gasteiger partial charge in [0, 0.05) is 6.54 Å². The quantitative estimate of drug-likeness (QED) is 0.0825. The van der Waals surface area contributed by atoms with Gasteiger partial charge in [-0.15, -0.1) is 0 Å². The van der Waals surface area contributed by atoms with Crippen LogP contribution in [0.4, 0.5) is 11.4 Å². The molecule has 0 fully saturated rings. The largest absolute Gasteiger partial charge is 1.00 e. The smallest absolute Gasteiger partial charge is 0.744 e. The van der Waals surface area contributed by atoms with E-state index in [0.29, 0.717) is 12.2 Å². The average molecular weight is 607 g/mol. The van der Waals surface area contributed by atoms with Crippen molar-refractivity contribution in [1.82, 2.24) is 0 Å². The summed E-state index contributed by atoms with van der Waals surface area (Å²) in [5.41, 5.74) is 2.42. The number of nitrogens with one attached hydrogen (secondary N) is 1. The summed E-state index contributed by atoms with van der Waals surface area (Å²) in [7, 11) is -4.54. The molecule has 42 heavy (non-hydrogen) atoms. The van der Waals surface area contributed by atoms with Gasteiger partial charge in [0.1, 0.15) is 10.1 Å². The van der Waals surface area contributed by atoms with Crippen molar-refractivity contribution in [2.24, 2.45) is 0 Å². The predicted molar refractivity (Wildman–Crippen MR) is 172 cm³/mol. The first-order valence-electron chi connectivity index (χ1n) is 16.7. The van der Waals surface area contributed by atoms with Crippen LogP contribution in [0.3, 0.4) is 0 Å². The molecule has 7 heteroatoms. The number of para-hydroxylation sites is 1. The zero-order valence-electron chi connectivity index (χ0n) is 26.6. The molecule has 1 aliphatic heterocycles. The molecule has 0 aliphatic carbocycles. The summed E-state index contributed by atoms with van der Waals surface area (Å²) in [6.45, 7) is 2.96. The number of anilines is 2. The van der Waals surface area contributed by atoms with Crippen LogP contribution in [0.2, 0.25) is 0 Å². The Kier molecular flexibility index (Phi) is 19.1. The first kappa shape index (κ1) is 37.1. The molecule has 230 valence electrons. The Balaban J connectivity index is 0.00000616. The Hall–Kier alpha value is -1.05. The molecule has 0 saturated carbocycles. The van der Waals surface area contributed by atoms with Gasteiger partial charge in [-0.1, -0.05) is 159 Å². The summed E-state index contributed by atoms with van der Waals surface area (Å²) in [6.07, 6.45) is 26.8. The van der Waals surface area contributed by atoms with Crippen LogP contribution in [0, 0.1) is 0 Å². The Labute approximate surface area is 279 Å². The second-order valence-corrected chi connectivity index (χ2v) is 13.4. The van der Waals surface area contributed by atoms with Crippen LogP contribution in [0.15, 0.2) is 53.4 Å². The van der Waals surface area contributed by atoms with Crippen LogP contribution in [0.1, 0.15) is 141 Å². The van der Waals surface area contributed by atoms with Crippen LogP contribution in [-0.2, 0) is 16.7 Å². The van der Waals surface area contributed by atoms with E-state index in [2.05, 4.69) is 29.3 Å². The molecule has 1 atom stereocenters. The van der Waals surface area contributed by atoms with E-state index < -0.39 is 10.1 Å². The minimum Gasteiger partial charge on any atom is -0.744 e. The van der Waals surface area contributed by atoms with Gasteiger partial charge < -0.3 is 14.8 Å². The molecule has 1 unspecified atom stereocenters. The first-order chi connectivity index (χ1) is 20.0. The molecule has 2 aromatic rings. The number of benzene rings is 2. The van der Waals surface area contributed by atoms with E-state index >= 15 is 0 Å². The third-order valence-electron chi connectivity index (χ3n) is 8.55. The van der Waals surface area contributed by atoms with Gasteiger partial charge in [0.2, 0.25) is 0 Å². The molecule has 0 saturated heterocycles. The summed E-state index contributed by atoms with van der Waals surface area (Å²) in [4.78, 5) is 2.07. The zero-order valence-corrected chi connectivity index (χ0v) is 29.4. The number of nitrogens with zero attached hydrogens (tertiary/aromatic N) is 1. The minimum absolute atomic E-state index is 0. The third kappa shape index (κ3) is 13.7. The topological polar surface area (TPSA) is 72.5 Å². The molecular formula is C35H55N2NaO3S. The zero-order chi connectivity index (χ0) is 29.2. The molecule has 1 aliphatic rings. The maximum absolute atomic E-state index is 11.9. The number of unbranched alkanes of at least 4 members (excludes halogenated alkanes) is 18. The Morgan fingerprint density at radius 2 is 1.14 bits per heavy atom. The number of hydrogen-bond acceptors (Lipinski definition) is 5. The minimum atomic E-state index is -4.54. The molecule has 2 aromatic carbocycles. The molecule has 0 radical (unpaired) electrons. The van der Waals surface area contributed by atoms with Crippen molar-refractivity contribution in [1.29, 1.82) is 0 Å². The number of hydrogen-bond donors (Lipinski definition) is 1. The molecule has 0 aromatic heterocycles. The SMILES string of the molecule is CCCCCCCCCCCCCCCCCCCCCC1Nc2c(cccc2S(=O)(=O)[O-])N1Cc1ccccc1.[Na+]. The molecule has 1 heterocycles. The summed E-state index contributed by atoms with van der Waals surface area (Å²) >= 11 is 0. The number of fused-ring (bicyclic) bond motifs is 1. The van der Waals surface area contributed by atoms with Gasteiger partial charge in [-0.25, -0.2) is 8.42 Å². The van der Waals surface area contributed by atoms with Crippen molar-refractivity contribution in [3.8, 4) is 0 Å². The predicted octanol–water partition coefficient (Wildman–Crippen LogP) is 7.17. The second-order valence-electron chi connectivity index (χ2n) is 12.0. The summed E-state index contributed by atoms with van der Waals surface area (Å²) in [5.74, 6) is 0. The van der Waals surface area contributed by atoms with E-state index in [1.807, 2.05) is 24.3 Å². The van der Waals surface area contributed by atoms with Crippen LogP contribution in [0.25, 0.3) is 0 Å². The van der Waals surface area contributed by atoms with Crippen LogP contribution in [0.5, 0.6) is 0 Å². The van der Waals surface area contributed by atoms with E-state index in [0.717, 1.165) is 24.1 Å². The van der Waals surface area contributed by atoms with Crippen molar-refractivity contribution in [2.45, 2.75) is 153 Å². The van der Waals surface area contributed by atoms with Crippen molar-refractivity contribution >= 4 is 21.5 Å². The van der Waals surface area contributed by atoms with Gasteiger partial charge in [0.15, 0.2) is 0 Å². The Morgan fingerprint density at radius 3 is 1.62 bits per heavy atom. The maximum Gasteiger partial charge on any atom is 1.00 e.